The molecule has 1 fully saturated rings. The summed E-state index contributed by atoms with van der Waals surface area (Å²) in [4.78, 5) is 14.0. The molecule has 0 spiro atoms. The monoisotopic (exact) mass is 322 g/mol. The Bertz CT molecular complexity index is 558. The molecular formula is C17H23ClN2O2. The van der Waals surface area contributed by atoms with E-state index in [0.29, 0.717) is 6.61 Å². The molecule has 0 atom stereocenters. The molecule has 1 heterocycles. The molecule has 3 rings (SSSR count). The van der Waals surface area contributed by atoms with Crippen LogP contribution < -0.4 is 5.32 Å². The van der Waals surface area contributed by atoms with Crippen LogP contribution >= 0.6 is 11.6 Å². The van der Waals surface area contributed by atoms with E-state index in [4.69, 9.17) is 16.3 Å². The number of nitrogens with one attached hydrogen (secondary N) is 1. The number of carbonyl (C=O) groups is 1. The summed E-state index contributed by atoms with van der Waals surface area (Å²) in [6.07, 6.45) is 3.73. The lowest BCUT2D eigenvalue weighted by molar-refractivity contribution is -0.140. The van der Waals surface area contributed by atoms with Crippen molar-refractivity contribution in [2.24, 2.45) is 5.92 Å². The molecule has 4 nitrogen and oxygen atoms in total. The number of carbonyl (C=O) groups excluding carboxylic acids is 1. The van der Waals surface area contributed by atoms with Gasteiger partial charge in [-0.1, -0.05) is 11.6 Å². The van der Waals surface area contributed by atoms with Crippen molar-refractivity contribution in [3.63, 3.8) is 0 Å². The number of hydrogen-bond donors (Lipinski definition) is 1. The minimum atomic E-state index is -0.225. The van der Waals surface area contributed by atoms with Gasteiger partial charge in [0.15, 0.2) is 0 Å². The van der Waals surface area contributed by atoms with Crippen molar-refractivity contribution in [3.05, 3.63) is 28.3 Å². The van der Waals surface area contributed by atoms with Crippen molar-refractivity contribution in [2.75, 3.05) is 31.6 Å². The lowest BCUT2D eigenvalue weighted by Gasteiger charge is -2.31. The third-order valence-electron chi connectivity index (χ3n) is 4.38. The summed E-state index contributed by atoms with van der Waals surface area (Å²) >= 11 is 6.40. The van der Waals surface area contributed by atoms with Crippen molar-refractivity contribution in [1.82, 2.24) is 4.90 Å². The lowest BCUT2D eigenvalue weighted by atomic mass is 9.97. The number of rotatable bonds is 6. The Labute approximate surface area is 136 Å². The number of esters is 1. The average molecular weight is 323 g/mol. The maximum absolute atomic E-state index is 11.5. The molecule has 22 heavy (non-hydrogen) atoms. The van der Waals surface area contributed by atoms with Crippen molar-refractivity contribution in [3.8, 4) is 0 Å². The maximum atomic E-state index is 11.5. The van der Waals surface area contributed by atoms with Gasteiger partial charge in [-0.2, -0.15) is 0 Å². The molecule has 0 amide bonds. The van der Waals surface area contributed by atoms with Crippen molar-refractivity contribution >= 4 is 23.3 Å². The van der Waals surface area contributed by atoms with E-state index >= 15 is 0 Å². The molecule has 0 bridgehead atoms. The van der Waals surface area contributed by atoms with Crippen LogP contribution in [-0.2, 0) is 22.5 Å². The van der Waals surface area contributed by atoms with Gasteiger partial charge in [0.1, 0.15) is 6.54 Å². The van der Waals surface area contributed by atoms with Crippen molar-refractivity contribution in [2.45, 2.75) is 32.7 Å². The number of halogens is 1. The van der Waals surface area contributed by atoms with E-state index in [1.54, 1.807) is 0 Å². The summed E-state index contributed by atoms with van der Waals surface area (Å²) in [5, 5.41) is 4.03. The van der Waals surface area contributed by atoms with Crippen LogP contribution in [0, 0.1) is 5.92 Å². The van der Waals surface area contributed by atoms with Crippen LogP contribution in [0.25, 0.3) is 0 Å². The van der Waals surface area contributed by atoms with Crippen LogP contribution in [0.1, 0.15) is 30.9 Å². The van der Waals surface area contributed by atoms with Gasteiger partial charge in [-0.3, -0.25) is 9.69 Å². The molecular weight excluding hydrogens is 300 g/mol. The molecule has 1 aliphatic carbocycles. The van der Waals surface area contributed by atoms with Gasteiger partial charge in [-0.25, -0.2) is 0 Å². The third kappa shape index (κ3) is 3.73. The second-order valence-corrected chi connectivity index (χ2v) is 6.55. The normalized spacial score (nSPS) is 17.9. The molecule has 1 aromatic rings. The highest BCUT2D eigenvalue weighted by Crippen LogP contribution is 2.35. The first-order chi connectivity index (χ1) is 10.7. The zero-order chi connectivity index (χ0) is 15.5. The van der Waals surface area contributed by atoms with Crippen molar-refractivity contribution < 1.29 is 9.53 Å². The van der Waals surface area contributed by atoms with Gasteiger partial charge in [-0.15, -0.1) is 0 Å². The quantitative estimate of drug-likeness (QED) is 0.817. The Morgan fingerprint density at radius 1 is 1.41 bits per heavy atom. The number of hydrogen-bond acceptors (Lipinski definition) is 4. The third-order valence-corrected chi connectivity index (χ3v) is 4.73. The van der Waals surface area contributed by atoms with Crippen LogP contribution in [-0.4, -0.2) is 37.1 Å². The van der Waals surface area contributed by atoms with Gasteiger partial charge in [-0.05, 0) is 55.4 Å². The maximum Gasteiger partial charge on any atom is 0.325 e. The van der Waals surface area contributed by atoms with Gasteiger partial charge in [0.05, 0.1) is 6.61 Å². The predicted molar refractivity (Wildman–Crippen MR) is 88.3 cm³/mol. The number of ether oxygens (including phenoxy) is 1. The smallest absolute Gasteiger partial charge is 0.325 e. The number of fused-ring (bicyclic) bond motifs is 1. The molecule has 5 heteroatoms. The Balaban J connectivity index is 1.69. The highest BCUT2D eigenvalue weighted by molar-refractivity contribution is 6.31. The van der Waals surface area contributed by atoms with E-state index in [2.05, 4.69) is 10.2 Å². The second-order valence-electron chi connectivity index (χ2n) is 6.14. The first-order valence-corrected chi connectivity index (χ1v) is 8.47. The predicted octanol–water partition coefficient (Wildman–Crippen LogP) is 3.08. The fourth-order valence-corrected chi connectivity index (χ4v) is 3.30. The highest BCUT2D eigenvalue weighted by atomic mass is 35.5. The van der Waals surface area contributed by atoms with Crippen LogP contribution in [0.2, 0.25) is 5.02 Å². The molecule has 0 unspecified atom stereocenters. The molecule has 0 radical (unpaired) electrons. The van der Waals surface area contributed by atoms with Gasteiger partial charge in [0, 0.05) is 30.3 Å². The summed E-state index contributed by atoms with van der Waals surface area (Å²) in [5.74, 6) is 0.669. The summed E-state index contributed by atoms with van der Waals surface area (Å²) in [5.41, 5.74) is 3.48. The standard InChI is InChI=1S/C17H23ClN2O2/c1-2-22-17(21)9-19-16-6-5-15(18)14-11-20(8-7-13(14)16)10-12-3-4-12/h5-6,12,19H,2-4,7-11H2,1H3. The molecule has 1 aromatic carbocycles. The zero-order valence-corrected chi connectivity index (χ0v) is 13.8. The zero-order valence-electron chi connectivity index (χ0n) is 13.0. The summed E-state index contributed by atoms with van der Waals surface area (Å²) in [7, 11) is 0. The largest absolute Gasteiger partial charge is 0.465 e. The summed E-state index contributed by atoms with van der Waals surface area (Å²) in [6, 6.07) is 3.89. The molecule has 0 aromatic heterocycles. The second kappa shape index (κ2) is 6.88. The number of anilines is 1. The lowest BCUT2D eigenvalue weighted by Crippen LogP contribution is -2.33. The number of benzene rings is 1. The molecule has 1 saturated carbocycles. The Morgan fingerprint density at radius 2 is 2.23 bits per heavy atom. The fraction of sp³-hybridized carbons (Fsp3) is 0.588. The Kier molecular flexibility index (Phi) is 4.89. The van der Waals surface area contributed by atoms with Crippen LogP contribution in [0.4, 0.5) is 5.69 Å². The molecule has 1 N–H and O–H groups in total. The minimum absolute atomic E-state index is 0.202. The van der Waals surface area contributed by atoms with E-state index in [-0.39, 0.29) is 12.5 Å². The van der Waals surface area contributed by atoms with Crippen LogP contribution in [0.3, 0.4) is 0 Å². The highest BCUT2D eigenvalue weighted by Gasteiger charge is 2.27. The van der Waals surface area contributed by atoms with E-state index in [0.717, 1.165) is 36.1 Å². The fourth-order valence-electron chi connectivity index (χ4n) is 3.06. The first kappa shape index (κ1) is 15.6. The molecule has 1 aliphatic heterocycles. The minimum Gasteiger partial charge on any atom is -0.465 e. The van der Waals surface area contributed by atoms with E-state index < -0.39 is 0 Å². The van der Waals surface area contributed by atoms with Gasteiger partial charge < -0.3 is 10.1 Å². The van der Waals surface area contributed by atoms with E-state index in [9.17, 15) is 4.79 Å². The van der Waals surface area contributed by atoms with Gasteiger partial charge >= 0.3 is 5.97 Å². The molecule has 120 valence electrons. The number of nitrogens with zero attached hydrogens (tertiary/aromatic N) is 1. The summed E-state index contributed by atoms with van der Waals surface area (Å²) < 4.78 is 4.96. The topological polar surface area (TPSA) is 41.6 Å². The van der Waals surface area contributed by atoms with Gasteiger partial charge in [0.25, 0.3) is 0 Å². The average Bonchev–Trinajstić information content (AvgIpc) is 3.31. The van der Waals surface area contributed by atoms with Crippen LogP contribution in [0.15, 0.2) is 12.1 Å². The van der Waals surface area contributed by atoms with E-state index in [1.807, 2.05) is 19.1 Å². The summed E-state index contributed by atoms with van der Waals surface area (Å²) in [6.45, 7) is 5.60. The molecule has 2 aliphatic rings. The Morgan fingerprint density at radius 3 is 2.95 bits per heavy atom. The first-order valence-electron chi connectivity index (χ1n) is 8.09. The Hall–Kier alpha value is -1.26. The van der Waals surface area contributed by atoms with E-state index in [1.165, 1.54) is 30.5 Å². The van der Waals surface area contributed by atoms with Crippen LogP contribution in [0.5, 0.6) is 0 Å². The van der Waals surface area contributed by atoms with Crippen molar-refractivity contribution in [1.29, 1.82) is 0 Å². The molecule has 0 saturated heterocycles. The SMILES string of the molecule is CCOC(=O)CNc1ccc(Cl)c2c1CCN(CC1CC1)C2. The van der Waals surface area contributed by atoms with Gasteiger partial charge in [0.2, 0.25) is 0 Å².